The van der Waals surface area contributed by atoms with Gasteiger partial charge >= 0.3 is 0 Å². The van der Waals surface area contributed by atoms with E-state index in [1.54, 1.807) is 13.2 Å². The second-order valence-corrected chi connectivity index (χ2v) is 5.90. The predicted octanol–water partition coefficient (Wildman–Crippen LogP) is 3.31. The first kappa shape index (κ1) is 14.1. The van der Waals surface area contributed by atoms with Crippen molar-refractivity contribution in [2.75, 3.05) is 0 Å². The Morgan fingerprint density at radius 3 is 2.91 bits per heavy atom. The van der Waals surface area contributed by atoms with E-state index in [0.29, 0.717) is 28.9 Å². The molecule has 1 aliphatic rings. The van der Waals surface area contributed by atoms with Crippen LogP contribution in [0.15, 0.2) is 28.9 Å². The predicted molar refractivity (Wildman–Crippen MR) is 84.2 cm³/mol. The summed E-state index contributed by atoms with van der Waals surface area (Å²) < 4.78 is 6.88. The van der Waals surface area contributed by atoms with Gasteiger partial charge in [0.05, 0.1) is 11.8 Å². The number of ketones is 1. The molecule has 0 saturated heterocycles. The maximum atomic E-state index is 11.9. The molecule has 7 heteroatoms. The molecule has 0 N–H and O–H groups in total. The van der Waals surface area contributed by atoms with Crippen LogP contribution in [0.3, 0.4) is 0 Å². The van der Waals surface area contributed by atoms with Crippen molar-refractivity contribution in [1.82, 2.24) is 19.9 Å². The van der Waals surface area contributed by atoms with E-state index >= 15 is 0 Å². The Bertz CT molecular complexity index is 913. The molecule has 0 aliphatic heterocycles. The van der Waals surface area contributed by atoms with Crippen LogP contribution in [0.2, 0.25) is 5.15 Å². The van der Waals surface area contributed by atoms with E-state index in [-0.39, 0.29) is 5.78 Å². The number of aryl methyl sites for hydroxylation is 2. The average Bonchev–Trinajstić information content (AvgIpc) is 3.15. The van der Waals surface area contributed by atoms with Crippen LogP contribution in [-0.4, -0.2) is 25.7 Å². The second kappa shape index (κ2) is 5.31. The van der Waals surface area contributed by atoms with Crippen molar-refractivity contribution in [3.63, 3.8) is 0 Å². The van der Waals surface area contributed by atoms with Gasteiger partial charge in [0.15, 0.2) is 5.78 Å². The Morgan fingerprint density at radius 1 is 1.26 bits per heavy atom. The van der Waals surface area contributed by atoms with Crippen LogP contribution in [-0.2, 0) is 13.5 Å². The van der Waals surface area contributed by atoms with E-state index in [1.807, 2.05) is 18.2 Å². The number of benzene rings is 1. The molecule has 0 spiro atoms. The monoisotopic (exact) mass is 328 g/mol. The quantitative estimate of drug-likeness (QED) is 0.721. The summed E-state index contributed by atoms with van der Waals surface area (Å²) in [6, 6.07) is 5.63. The van der Waals surface area contributed by atoms with Gasteiger partial charge in [0, 0.05) is 24.6 Å². The van der Waals surface area contributed by atoms with Crippen molar-refractivity contribution >= 4 is 17.4 Å². The molecule has 0 bridgehead atoms. The van der Waals surface area contributed by atoms with Crippen LogP contribution in [0.5, 0.6) is 0 Å². The number of hydrogen-bond acceptors (Lipinski definition) is 5. The molecular formula is C16H13ClN4O2. The number of carbonyl (C=O) groups excluding carboxylic acids is 1. The molecule has 0 radical (unpaired) electrons. The molecule has 3 aromatic rings. The number of carbonyl (C=O) groups is 1. The number of rotatable bonds is 2. The molecule has 1 aromatic carbocycles. The number of fused-ring (bicyclic) bond motifs is 1. The topological polar surface area (TPSA) is 73.8 Å². The Kier molecular flexibility index (Phi) is 3.27. The maximum Gasteiger partial charge on any atom is 0.258 e. The van der Waals surface area contributed by atoms with Gasteiger partial charge in [-0.2, -0.15) is 10.1 Å². The minimum absolute atomic E-state index is 0.200. The van der Waals surface area contributed by atoms with Crippen molar-refractivity contribution in [2.45, 2.75) is 19.3 Å². The summed E-state index contributed by atoms with van der Waals surface area (Å²) in [5, 5.41) is 8.49. The smallest absolute Gasteiger partial charge is 0.258 e. The van der Waals surface area contributed by atoms with Gasteiger partial charge in [0.25, 0.3) is 5.89 Å². The van der Waals surface area contributed by atoms with Crippen molar-refractivity contribution in [3.05, 3.63) is 40.7 Å². The summed E-state index contributed by atoms with van der Waals surface area (Å²) in [4.78, 5) is 16.3. The lowest BCUT2D eigenvalue weighted by atomic mass is 9.89. The van der Waals surface area contributed by atoms with Gasteiger partial charge < -0.3 is 4.52 Å². The number of nitrogens with zero attached hydrogens (tertiary/aromatic N) is 4. The van der Waals surface area contributed by atoms with Crippen LogP contribution in [0, 0.1) is 0 Å². The summed E-state index contributed by atoms with van der Waals surface area (Å²) >= 11 is 6.15. The molecule has 0 fully saturated rings. The third-order valence-corrected chi connectivity index (χ3v) is 4.48. The maximum absolute atomic E-state index is 11.9. The van der Waals surface area contributed by atoms with Crippen molar-refractivity contribution in [1.29, 1.82) is 0 Å². The fraction of sp³-hybridized carbons (Fsp3) is 0.250. The molecule has 1 aliphatic carbocycles. The van der Waals surface area contributed by atoms with Crippen LogP contribution in [0.25, 0.3) is 22.8 Å². The Hall–Kier alpha value is -2.47. The molecule has 0 saturated carbocycles. The van der Waals surface area contributed by atoms with Gasteiger partial charge in [-0.1, -0.05) is 22.8 Å². The van der Waals surface area contributed by atoms with Gasteiger partial charge in [0.1, 0.15) is 5.15 Å². The highest BCUT2D eigenvalue weighted by Crippen LogP contribution is 2.29. The number of hydrogen-bond donors (Lipinski definition) is 0. The molecule has 6 nitrogen and oxygen atoms in total. The largest absolute Gasteiger partial charge is 0.334 e. The molecule has 0 amide bonds. The highest BCUT2D eigenvalue weighted by molar-refractivity contribution is 6.32. The Balaban J connectivity index is 1.72. The number of aromatic nitrogens is 4. The van der Waals surface area contributed by atoms with E-state index in [1.165, 1.54) is 4.68 Å². The van der Waals surface area contributed by atoms with E-state index < -0.39 is 0 Å². The van der Waals surface area contributed by atoms with Gasteiger partial charge in [-0.25, -0.2) is 0 Å². The van der Waals surface area contributed by atoms with Crippen LogP contribution < -0.4 is 0 Å². The summed E-state index contributed by atoms with van der Waals surface area (Å²) in [6.45, 7) is 0. The highest BCUT2D eigenvalue weighted by Gasteiger charge is 2.20. The van der Waals surface area contributed by atoms with Crippen molar-refractivity contribution in [3.8, 4) is 22.8 Å². The first-order valence-corrected chi connectivity index (χ1v) is 7.69. The molecule has 0 unspecified atom stereocenters. The number of halogens is 1. The van der Waals surface area contributed by atoms with Crippen molar-refractivity contribution < 1.29 is 9.32 Å². The van der Waals surface area contributed by atoms with E-state index in [2.05, 4.69) is 15.2 Å². The number of Topliss-reactive ketones (excluding diaryl/α,β-unsaturated/α-hetero) is 1. The minimum atomic E-state index is 0.200. The fourth-order valence-electron chi connectivity index (χ4n) is 2.80. The zero-order chi connectivity index (χ0) is 16.0. The molecular weight excluding hydrogens is 316 g/mol. The zero-order valence-corrected chi connectivity index (χ0v) is 13.2. The summed E-state index contributed by atoms with van der Waals surface area (Å²) in [5.74, 6) is 0.999. The summed E-state index contributed by atoms with van der Waals surface area (Å²) in [7, 11) is 1.74. The Labute approximate surface area is 137 Å². The lowest BCUT2D eigenvalue weighted by Crippen LogP contribution is -2.10. The van der Waals surface area contributed by atoms with Gasteiger partial charge in [-0.05, 0) is 30.5 Å². The first-order chi connectivity index (χ1) is 11.1. The van der Waals surface area contributed by atoms with E-state index in [9.17, 15) is 4.79 Å². The van der Waals surface area contributed by atoms with Crippen LogP contribution >= 0.6 is 11.6 Å². The standard InChI is InChI=1S/C16H13ClN4O2/c1-21-14(17)12(8-18-21)15-19-16(23-20-15)10-5-6-11-9(7-10)3-2-4-13(11)22/h5-8H,2-4H2,1H3. The SMILES string of the molecule is Cn1ncc(-c2noc(-c3ccc4c(c3)CCCC4=O)n2)c1Cl. The van der Waals surface area contributed by atoms with E-state index in [0.717, 1.165) is 29.5 Å². The van der Waals surface area contributed by atoms with Crippen LogP contribution in [0.1, 0.15) is 28.8 Å². The van der Waals surface area contributed by atoms with Crippen molar-refractivity contribution in [2.24, 2.45) is 7.05 Å². The lowest BCUT2D eigenvalue weighted by molar-refractivity contribution is 0.0972. The molecule has 116 valence electrons. The van der Waals surface area contributed by atoms with Gasteiger partial charge in [0.2, 0.25) is 5.82 Å². The fourth-order valence-corrected chi connectivity index (χ4v) is 2.98. The summed E-state index contributed by atoms with van der Waals surface area (Å²) in [5.41, 5.74) is 3.27. The lowest BCUT2D eigenvalue weighted by Gasteiger charge is -2.14. The molecule has 2 aromatic heterocycles. The van der Waals surface area contributed by atoms with Gasteiger partial charge in [-0.15, -0.1) is 0 Å². The molecule has 4 rings (SSSR count). The third-order valence-electron chi connectivity index (χ3n) is 4.04. The minimum Gasteiger partial charge on any atom is -0.334 e. The normalized spacial score (nSPS) is 14.1. The first-order valence-electron chi connectivity index (χ1n) is 7.31. The molecule has 2 heterocycles. The molecule has 0 atom stereocenters. The summed E-state index contributed by atoms with van der Waals surface area (Å²) in [6.07, 6.45) is 4.00. The zero-order valence-electron chi connectivity index (χ0n) is 12.4. The highest BCUT2D eigenvalue weighted by atomic mass is 35.5. The van der Waals surface area contributed by atoms with E-state index in [4.69, 9.17) is 16.1 Å². The van der Waals surface area contributed by atoms with Gasteiger partial charge in [-0.3, -0.25) is 9.48 Å². The second-order valence-electron chi connectivity index (χ2n) is 5.54. The molecule has 23 heavy (non-hydrogen) atoms. The Morgan fingerprint density at radius 2 is 2.13 bits per heavy atom. The third kappa shape index (κ3) is 2.35. The average molecular weight is 329 g/mol. The van der Waals surface area contributed by atoms with Crippen LogP contribution in [0.4, 0.5) is 0 Å².